The van der Waals surface area contributed by atoms with Gasteiger partial charge in [-0.2, -0.15) is 8.78 Å². The van der Waals surface area contributed by atoms with Gasteiger partial charge in [0.2, 0.25) is 6.33 Å². The van der Waals surface area contributed by atoms with Gasteiger partial charge in [0, 0.05) is 28.1 Å². The van der Waals surface area contributed by atoms with Crippen LogP contribution in [0.3, 0.4) is 0 Å². The second-order valence-corrected chi connectivity index (χ2v) is 14.1. The third-order valence-electron chi connectivity index (χ3n) is 8.85. The molecule has 0 saturated carbocycles. The van der Waals surface area contributed by atoms with Crippen molar-refractivity contribution in [2.75, 3.05) is 0 Å². The number of pyridine rings is 1. The molecule has 46 heavy (non-hydrogen) atoms. The van der Waals surface area contributed by atoms with E-state index in [1.54, 1.807) is 53.2 Å². The molecule has 0 radical (unpaired) electrons. The van der Waals surface area contributed by atoms with E-state index in [-0.39, 0.29) is 16.5 Å². The molecule has 0 aliphatic rings. The number of aryl methyl sites for hydroxylation is 1. The Morgan fingerprint density at radius 1 is 0.674 bits per heavy atom. The van der Waals surface area contributed by atoms with Gasteiger partial charge in [-0.05, 0) is 52.3 Å². The number of alkyl halides is 2. The second kappa shape index (κ2) is 10.3. The lowest BCUT2D eigenvalue weighted by Crippen LogP contribution is -2.26. The number of aromatic nitrogens is 4. The fourth-order valence-corrected chi connectivity index (χ4v) is 6.19. The fraction of sp³-hybridized carbons (Fsp3) is 0.250. The molecule has 0 aliphatic heterocycles. The molecule has 3 heterocycles. The fourth-order valence-electron chi connectivity index (χ4n) is 6.19. The molecule has 0 spiro atoms. The summed E-state index contributed by atoms with van der Waals surface area (Å²) in [7, 11) is 0. The highest BCUT2D eigenvalue weighted by atomic mass is 19.3. The highest BCUT2D eigenvalue weighted by molar-refractivity contribution is 6.09. The maximum atomic E-state index is 17.1. The van der Waals surface area contributed by atoms with Crippen LogP contribution in [-0.2, 0) is 23.7 Å². The molecule has 6 heteroatoms. The molecule has 0 aliphatic carbocycles. The number of hydrogen-bond acceptors (Lipinski definition) is 1. The molecule has 0 bridgehead atoms. The van der Waals surface area contributed by atoms with Gasteiger partial charge in [0.05, 0.1) is 38.8 Å². The van der Waals surface area contributed by atoms with Gasteiger partial charge in [0.1, 0.15) is 5.82 Å². The molecule has 0 unspecified atom stereocenters. The predicted molar refractivity (Wildman–Crippen MR) is 182 cm³/mol. The Morgan fingerprint density at radius 3 is 2.09 bits per heavy atom. The summed E-state index contributed by atoms with van der Waals surface area (Å²) in [5.41, 5.74) is 3.70. The molecular formula is C40H38F2N4. The normalized spacial score (nSPS) is 14.1. The van der Waals surface area contributed by atoms with E-state index < -0.39 is 18.3 Å². The van der Waals surface area contributed by atoms with Gasteiger partial charge >= 0.3 is 0 Å². The summed E-state index contributed by atoms with van der Waals surface area (Å²) < 4.78 is 63.0. The minimum Gasteiger partial charge on any atom is -0.319 e. The smallest absolute Gasteiger partial charge is 0.297 e. The van der Waals surface area contributed by atoms with Crippen molar-refractivity contribution in [3.05, 3.63) is 132 Å². The quantitative estimate of drug-likeness (QED) is 0.143. The first-order valence-electron chi connectivity index (χ1n) is 16.9. The van der Waals surface area contributed by atoms with Crippen molar-refractivity contribution in [3.8, 4) is 11.5 Å². The Balaban J connectivity index is 1.45. The zero-order valence-electron chi connectivity index (χ0n) is 29.9. The lowest BCUT2D eigenvalue weighted by molar-refractivity contribution is -0.649. The Morgan fingerprint density at radius 2 is 1.35 bits per heavy atom. The maximum absolute atomic E-state index is 17.1. The van der Waals surface area contributed by atoms with Crippen molar-refractivity contribution in [2.45, 2.75) is 58.3 Å². The van der Waals surface area contributed by atoms with Gasteiger partial charge in [-0.3, -0.25) is 4.57 Å². The summed E-state index contributed by atoms with van der Waals surface area (Å²) >= 11 is 0. The number of hydrogen-bond donors (Lipinski definition) is 0. The van der Waals surface area contributed by atoms with E-state index in [0.29, 0.717) is 33.6 Å². The van der Waals surface area contributed by atoms with Crippen molar-refractivity contribution in [2.24, 2.45) is 6.98 Å². The van der Waals surface area contributed by atoms with Gasteiger partial charge < -0.3 is 9.13 Å². The van der Waals surface area contributed by atoms with Crippen LogP contribution in [0.1, 0.15) is 67.9 Å². The molecule has 232 valence electrons. The summed E-state index contributed by atoms with van der Waals surface area (Å²) in [5, 5.41) is 1.80. The summed E-state index contributed by atoms with van der Waals surface area (Å²) in [6.45, 7) is 9.80. The van der Waals surface area contributed by atoms with E-state index in [9.17, 15) is 0 Å². The van der Waals surface area contributed by atoms with Crippen LogP contribution in [-0.4, -0.2) is 14.1 Å². The van der Waals surface area contributed by atoms with Gasteiger partial charge in [0.25, 0.3) is 5.92 Å². The lowest BCUT2D eigenvalue weighted by atomic mass is 9.84. The van der Waals surface area contributed by atoms with Crippen molar-refractivity contribution >= 4 is 32.8 Å². The standard InChI is InChI=1S/C40H38F2N4/c1-38(2,3)26-18-19-43-37(24-26)46-33-13-9-8-12-31(33)32-17-16-27(23-36(32)46)40(41,42)29-20-28(39(4,5)6)21-30(22-29)45-25-44(7)34-14-10-11-15-35(34)45/h8-24H,1-7H3/i7D3. The first-order chi connectivity index (χ1) is 22.9. The highest BCUT2D eigenvalue weighted by Crippen LogP contribution is 2.42. The summed E-state index contributed by atoms with van der Waals surface area (Å²) in [6.07, 6.45) is 4.71. The highest BCUT2D eigenvalue weighted by Gasteiger charge is 2.36. The average Bonchev–Trinajstić information content (AvgIpc) is 3.60. The van der Waals surface area contributed by atoms with Crippen LogP contribution in [0.4, 0.5) is 8.78 Å². The van der Waals surface area contributed by atoms with Crippen molar-refractivity contribution in [1.29, 1.82) is 0 Å². The van der Waals surface area contributed by atoms with Gasteiger partial charge in [0.15, 0.2) is 0 Å². The SMILES string of the molecule is [2H]C([2H])([2H])[n+]1[c-]n(-c2cc(C(C)(C)C)cc(C(F)(F)c3ccc4c5ccccc5n(-c5cc(C(C)(C)C)ccn5)c4c3)c2)c2ccccc21. The van der Waals surface area contributed by atoms with Gasteiger partial charge in [-0.15, -0.1) is 0 Å². The topological polar surface area (TPSA) is 26.6 Å². The first kappa shape index (κ1) is 26.4. The Kier molecular flexibility index (Phi) is 5.93. The van der Waals surface area contributed by atoms with E-state index >= 15 is 8.78 Å². The third kappa shape index (κ3) is 4.87. The largest absolute Gasteiger partial charge is 0.319 e. The molecule has 7 aromatic rings. The zero-order chi connectivity index (χ0) is 35.1. The summed E-state index contributed by atoms with van der Waals surface area (Å²) in [6, 6.07) is 28.6. The number of para-hydroxylation sites is 3. The minimum atomic E-state index is -3.41. The number of imidazole rings is 1. The maximum Gasteiger partial charge on any atom is 0.297 e. The zero-order valence-corrected chi connectivity index (χ0v) is 26.9. The van der Waals surface area contributed by atoms with Crippen LogP contribution < -0.4 is 4.57 Å². The third-order valence-corrected chi connectivity index (χ3v) is 8.85. The first-order valence-corrected chi connectivity index (χ1v) is 15.4. The van der Waals surface area contributed by atoms with E-state index in [1.807, 2.05) is 67.8 Å². The van der Waals surface area contributed by atoms with Crippen LogP contribution in [0.5, 0.6) is 0 Å². The molecule has 0 saturated heterocycles. The van der Waals surface area contributed by atoms with E-state index in [0.717, 1.165) is 26.4 Å². The van der Waals surface area contributed by atoms with Gasteiger partial charge in [-0.25, -0.2) is 4.98 Å². The number of fused-ring (bicyclic) bond motifs is 4. The molecule has 4 aromatic carbocycles. The molecule has 4 nitrogen and oxygen atoms in total. The van der Waals surface area contributed by atoms with E-state index in [4.69, 9.17) is 9.10 Å². The number of nitrogens with zero attached hydrogens (tertiary/aromatic N) is 4. The number of rotatable bonds is 4. The van der Waals surface area contributed by atoms with Crippen molar-refractivity contribution in [3.63, 3.8) is 0 Å². The summed E-state index contributed by atoms with van der Waals surface area (Å²) in [5.74, 6) is -2.75. The number of benzene rings is 4. The second-order valence-electron chi connectivity index (χ2n) is 14.1. The van der Waals surface area contributed by atoms with E-state index in [2.05, 4.69) is 27.1 Å². The van der Waals surface area contributed by atoms with Crippen LogP contribution in [0.2, 0.25) is 0 Å². The van der Waals surface area contributed by atoms with Gasteiger partial charge in [-0.1, -0.05) is 108 Å². The monoisotopic (exact) mass is 615 g/mol. The van der Waals surface area contributed by atoms with Crippen LogP contribution in [0, 0.1) is 6.33 Å². The summed E-state index contributed by atoms with van der Waals surface area (Å²) in [4.78, 5) is 4.70. The molecule has 0 amide bonds. The Hall–Kier alpha value is -4.84. The van der Waals surface area contributed by atoms with Crippen molar-refractivity contribution < 1.29 is 17.5 Å². The van der Waals surface area contributed by atoms with Crippen molar-refractivity contribution in [1.82, 2.24) is 14.1 Å². The van der Waals surface area contributed by atoms with Crippen LogP contribution in [0.25, 0.3) is 44.3 Å². The Bertz CT molecular complexity index is 2390. The predicted octanol–water partition coefficient (Wildman–Crippen LogP) is 9.48. The lowest BCUT2D eigenvalue weighted by Gasteiger charge is -2.25. The molecule has 0 N–H and O–H groups in total. The molecule has 0 atom stereocenters. The minimum absolute atomic E-state index is 0.129. The molecular weight excluding hydrogens is 574 g/mol. The van der Waals surface area contributed by atoms with Crippen LogP contribution in [0.15, 0.2) is 103 Å². The molecule has 7 rings (SSSR count). The molecule has 3 aromatic heterocycles. The van der Waals surface area contributed by atoms with Crippen LogP contribution >= 0.6 is 0 Å². The average molecular weight is 616 g/mol. The Labute approximate surface area is 272 Å². The number of halogens is 2. The van der Waals surface area contributed by atoms with E-state index in [1.165, 1.54) is 12.1 Å². The molecule has 0 fully saturated rings.